The molecule has 0 aliphatic rings. The highest BCUT2D eigenvalue weighted by Gasteiger charge is 1.66. The summed E-state index contributed by atoms with van der Waals surface area (Å²) in [4.78, 5) is 8.57. The quantitative estimate of drug-likeness (QED) is 0.427. The molecule has 0 aromatic heterocycles. The number of hydrogen-bond donors (Lipinski definition) is 0. The molecule has 0 saturated heterocycles. The average Bonchev–Trinajstić information content (AvgIpc) is 1.71. The summed E-state index contributed by atoms with van der Waals surface area (Å²) in [6, 6.07) is 0. The third-order valence-electron chi connectivity index (χ3n) is 0.408. The molecule has 0 N–H and O–H groups in total. The maximum absolute atomic E-state index is 8.57. The number of rotatable bonds is 2. The standard InChI is InChI=1S/C4H10O.CHClO/c1-3-4-5-2;2-1-3/h3-4H2,1-2H3;1H. The van der Waals surface area contributed by atoms with Gasteiger partial charge in [-0.3, -0.25) is 4.79 Å². The van der Waals surface area contributed by atoms with Crippen molar-refractivity contribution in [1.82, 2.24) is 0 Å². The zero-order valence-corrected chi connectivity index (χ0v) is 5.94. The molecule has 0 aliphatic carbocycles. The normalized spacial score (nSPS) is 6.88. The zero-order valence-electron chi connectivity index (χ0n) is 5.19. The van der Waals surface area contributed by atoms with Gasteiger partial charge < -0.3 is 4.74 Å². The van der Waals surface area contributed by atoms with Gasteiger partial charge in [-0.15, -0.1) is 0 Å². The molecule has 0 aromatic rings. The predicted octanol–water partition coefficient (Wildman–Crippen LogP) is 1.46. The monoisotopic (exact) mass is 138 g/mol. The van der Waals surface area contributed by atoms with Crippen molar-refractivity contribution in [3.8, 4) is 0 Å². The first-order valence-electron chi connectivity index (χ1n) is 2.36. The number of carbonyl (C=O) groups is 1. The third-order valence-corrected chi connectivity index (χ3v) is 0.408. The second kappa shape index (κ2) is 15.8. The Morgan fingerprint density at radius 3 is 2.12 bits per heavy atom. The molecule has 0 saturated carbocycles. The minimum Gasteiger partial charge on any atom is -0.385 e. The molecule has 3 heteroatoms. The van der Waals surface area contributed by atoms with Crippen LogP contribution in [0.3, 0.4) is 0 Å². The maximum Gasteiger partial charge on any atom is 0.208 e. The van der Waals surface area contributed by atoms with Gasteiger partial charge in [0.2, 0.25) is 5.75 Å². The third kappa shape index (κ3) is 38.9. The minimum atomic E-state index is 0.222. The molecule has 0 rings (SSSR count). The van der Waals surface area contributed by atoms with Gasteiger partial charge >= 0.3 is 0 Å². The first-order chi connectivity index (χ1) is 3.83. The summed E-state index contributed by atoms with van der Waals surface area (Å²) < 4.78 is 4.69. The van der Waals surface area contributed by atoms with Gasteiger partial charge in [-0.1, -0.05) is 6.92 Å². The van der Waals surface area contributed by atoms with Crippen LogP contribution in [0.5, 0.6) is 0 Å². The van der Waals surface area contributed by atoms with Gasteiger partial charge in [0, 0.05) is 13.7 Å². The van der Waals surface area contributed by atoms with E-state index in [9.17, 15) is 0 Å². The number of halogens is 1. The molecule has 50 valence electrons. The summed E-state index contributed by atoms with van der Waals surface area (Å²) in [5, 5.41) is 0. The number of carbonyl (C=O) groups excluding carboxylic acids is 1. The smallest absolute Gasteiger partial charge is 0.208 e. The van der Waals surface area contributed by atoms with E-state index >= 15 is 0 Å². The summed E-state index contributed by atoms with van der Waals surface area (Å²) in [6.07, 6.45) is 1.12. The highest BCUT2D eigenvalue weighted by Crippen LogP contribution is 1.70. The van der Waals surface area contributed by atoms with Crippen LogP contribution in [0.2, 0.25) is 0 Å². The fourth-order valence-electron chi connectivity index (χ4n) is 0.204. The summed E-state index contributed by atoms with van der Waals surface area (Å²) in [5.41, 5.74) is 0. The molecular formula is C5H11ClO2. The SMILES string of the molecule is CCCOC.O=CCl. The van der Waals surface area contributed by atoms with Crippen molar-refractivity contribution in [2.24, 2.45) is 0 Å². The zero-order chi connectivity index (χ0) is 6.83. The van der Waals surface area contributed by atoms with Crippen LogP contribution in [-0.4, -0.2) is 19.5 Å². The number of hydrogen-bond acceptors (Lipinski definition) is 2. The van der Waals surface area contributed by atoms with Gasteiger partial charge in [0.05, 0.1) is 0 Å². The van der Waals surface area contributed by atoms with E-state index in [2.05, 4.69) is 18.5 Å². The minimum absolute atomic E-state index is 0.222. The molecule has 0 atom stereocenters. The molecule has 0 aliphatic heterocycles. The van der Waals surface area contributed by atoms with E-state index in [4.69, 9.17) is 9.53 Å². The maximum atomic E-state index is 8.57. The molecule has 0 spiro atoms. The van der Waals surface area contributed by atoms with Gasteiger partial charge in [-0.2, -0.15) is 0 Å². The van der Waals surface area contributed by atoms with Crippen molar-refractivity contribution in [3.05, 3.63) is 0 Å². The average molecular weight is 139 g/mol. The lowest BCUT2D eigenvalue weighted by Crippen LogP contribution is -1.80. The lowest BCUT2D eigenvalue weighted by molar-refractivity contribution is 0.199. The summed E-state index contributed by atoms with van der Waals surface area (Å²) in [5.74, 6) is 0.222. The van der Waals surface area contributed by atoms with Crippen LogP contribution in [0.25, 0.3) is 0 Å². The predicted molar refractivity (Wildman–Crippen MR) is 34.8 cm³/mol. The highest BCUT2D eigenvalue weighted by atomic mass is 35.5. The summed E-state index contributed by atoms with van der Waals surface area (Å²) in [6.45, 7) is 2.98. The number of methoxy groups -OCH3 is 1. The lowest BCUT2D eigenvalue weighted by Gasteiger charge is -1.84. The fraction of sp³-hybridized carbons (Fsp3) is 0.800. The van der Waals surface area contributed by atoms with Crippen LogP contribution >= 0.6 is 11.6 Å². The van der Waals surface area contributed by atoms with Crippen molar-refractivity contribution >= 4 is 17.3 Å². The van der Waals surface area contributed by atoms with Crippen molar-refractivity contribution in [2.75, 3.05) is 13.7 Å². The van der Waals surface area contributed by atoms with E-state index in [0.29, 0.717) is 0 Å². The van der Waals surface area contributed by atoms with Gasteiger partial charge in [-0.05, 0) is 18.0 Å². The van der Waals surface area contributed by atoms with Gasteiger partial charge in [0.1, 0.15) is 0 Å². The van der Waals surface area contributed by atoms with E-state index in [1.165, 1.54) is 0 Å². The second-order valence-corrected chi connectivity index (χ2v) is 1.26. The molecule has 8 heavy (non-hydrogen) atoms. The molecular weight excluding hydrogens is 128 g/mol. The Balaban J connectivity index is 0. The van der Waals surface area contributed by atoms with Gasteiger partial charge in [-0.25, -0.2) is 0 Å². The van der Waals surface area contributed by atoms with Crippen LogP contribution < -0.4 is 0 Å². The van der Waals surface area contributed by atoms with E-state index < -0.39 is 0 Å². The van der Waals surface area contributed by atoms with Crippen molar-refractivity contribution in [1.29, 1.82) is 0 Å². The number of ether oxygens (including phenoxy) is 1. The topological polar surface area (TPSA) is 26.3 Å². The Bertz CT molecular complexity index is 37.4. The van der Waals surface area contributed by atoms with Crippen LogP contribution in [0, 0.1) is 0 Å². The first-order valence-corrected chi connectivity index (χ1v) is 2.79. The fourth-order valence-corrected chi connectivity index (χ4v) is 0.204. The van der Waals surface area contributed by atoms with E-state index in [0.717, 1.165) is 13.0 Å². The van der Waals surface area contributed by atoms with E-state index in [1.807, 2.05) is 0 Å². The molecule has 0 fully saturated rings. The second-order valence-electron chi connectivity index (χ2n) is 1.08. The van der Waals surface area contributed by atoms with Crippen molar-refractivity contribution < 1.29 is 9.53 Å². The van der Waals surface area contributed by atoms with Crippen LogP contribution in [0.15, 0.2) is 0 Å². The van der Waals surface area contributed by atoms with Crippen LogP contribution in [0.1, 0.15) is 13.3 Å². The molecule has 0 radical (unpaired) electrons. The molecule has 2 nitrogen and oxygen atoms in total. The van der Waals surface area contributed by atoms with Crippen molar-refractivity contribution in [2.45, 2.75) is 13.3 Å². The summed E-state index contributed by atoms with van der Waals surface area (Å²) in [7, 11) is 1.71. The van der Waals surface area contributed by atoms with Crippen LogP contribution in [0.4, 0.5) is 0 Å². The molecule has 0 heterocycles. The first kappa shape index (κ1) is 10.8. The van der Waals surface area contributed by atoms with Gasteiger partial charge in [0.15, 0.2) is 0 Å². The Morgan fingerprint density at radius 2 is 2.12 bits per heavy atom. The molecule has 0 aromatic carbocycles. The largest absolute Gasteiger partial charge is 0.385 e. The Hall–Kier alpha value is -0.0800. The van der Waals surface area contributed by atoms with Crippen molar-refractivity contribution in [3.63, 3.8) is 0 Å². The molecule has 0 amide bonds. The molecule has 0 unspecified atom stereocenters. The Morgan fingerprint density at radius 1 is 1.75 bits per heavy atom. The lowest BCUT2D eigenvalue weighted by atomic mass is 10.5. The highest BCUT2D eigenvalue weighted by molar-refractivity contribution is 6.54. The van der Waals surface area contributed by atoms with Gasteiger partial charge in [0.25, 0.3) is 0 Å². The van der Waals surface area contributed by atoms with E-state index in [1.54, 1.807) is 7.11 Å². The Labute approximate surface area is 54.8 Å². The van der Waals surface area contributed by atoms with E-state index in [-0.39, 0.29) is 5.75 Å². The summed E-state index contributed by atoms with van der Waals surface area (Å²) >= 11 is 4.32. The Kier molecular flexibility index (Phi) is 21.3. The van der Waals surface area contributed by atoms with Crippen LogP contribution in [-0.2, 0) is 9.53 Å². The molecule has 0 bridgehead atoms.